The van der Waals surface area contributed by atoms with E-state index in [4.69, 9.17) is 185 Å². The summed E-state index contributed by atoms with van der Waals surface area (Å²) in [6.45, 7) is 31.1. The number of carbonyl (C=O) groups excluding carboxylic acids is 2. The quantitative estimate of drug-likeness (QED) is 0.0199. The number of carbonyl (C=O) groups is 4. The van der Waals surface area contributed by atoms with Gasteiger partial charge in [-0.15, -0.1) is 35.3 Å². The van der Waals surface area contributed by atoms with Crippen molar-refractivity contribution in [2.75, 3.05) is 23.0 Å². The van der Waals surface area contributed by atoms with Gasteiger partial charge < -0.3 is 71.8 Å². The van der Waals surface area contributed by atoms with Gasteiger partial charge in [0.2, 0.25) is 0 Å². The minimum atomic E-state index is -1.50. The molecule has 5 aliphatic rings. The van der Waals surface area contributed by atoms with Gasteiger partial charge in [-0.3, -0.25) is 19.2 Å². The van der Waals surface area contributed by atoms with Crippen molar-refractivity contribution in [3.05, 3.63) is 326 Å². The van der Waals surface area contributed by atoms with Crippen LogP contribution in [0, 0.1) is 104 Å². The molecule has 141 heavy (non-hydrogen) atoms. The summed E-state index contributed by atoms with van der Waals surface area (Å²) >= 11 is 82.2. The van der Waals surface area contributed by atoms with Gasteiger partial charge in [0.05, 0.1) is 86.4 Å². The van der Waals surface area contributed by atoms with Crippen LogP contribution in [0.1, 0.15) is 262 Å². The zero-order valence-electron chi connectivity index (χ0n) is 81.6. The van der Waals surface area contributed by atoms with Gasteiger partial charge in [0.15, 0.2) is 30.4 Å². The molecule has 15 N–H and O–H groups in total. The minimum Gasteiger partial charge on any atom is -0.769 e. The Morgan fingerprint density at radius 1 is 0.426 bits per heavy atom. The first-order valence-corrected chi connectivity index (χ1v) is 51.8. The Hall–Kier alpha value is -3.47. The van der Waals surface area contributed by atoms with Gasteiger partial charge in [-0.1, -0.05) is 182 Å². The van der Waals surface area contributed by atoms with Crippen LogP contribution in [-0.2, 0) is 48.3 Å². The number of hydrogen-bond acceptors (Lipinski definition) is 18. The van der Waals surface area contributed by atoms with Gasteiger partial charge in [0, 0.05) is 96.4 Å². The molecule has 0 amide bonds. The predicted molar refractivity (Wildman–Crippen MR) is 582 cm³/mol. The average Bonchev–Trinajstić information content (AvgIpc) is 0.787. The monoisotopic (exact) mass is 2330 g/mol. The summed E-state index contributed by atoms with van der Waals surface area (Å²) in [6, 6.07) is 32.9. The first-order valence-electron chi connectivity index (χ1n) is 43.3. The van der Waals surface area contributed by atoms with Crippen LogP contribution in [0.2, 0.25) is 60.3 Å². The Bertz CT molecular complexity index is 5740. The molecule has 3 atom stereocenters. The Labute approximate surface area is 946 Å². The SMILES string of the molecule is CC(=O)c1cc(Cl)c(Cl)cc1C.Cc1c(C(O)O)ccc2c1C(O)CCC2.Cc1c(C(O)O)ccc2c1C=CCC2.Cc1cc(Cl)c(Cl)cc1C.Cc1cc(Cl)c(Cl)cc1C(O)O.Cc1cc(Cl)c(SCCC(=O)O)cc1C.Cc1cc(Cl)c2c(c1C)C(=O)CCS2.Cc1cc(Cl)c2c(c1C)C(O)CCC2.Cc1cc(Cl)c2c(c1C)C(O)CCS2.Cc1ccc(Cl)c(Cl)c1.O.O.O=C(O)CCS.[Na+].[O-]Cl.[Zn]. The molecule has 0 saturated carbocycles. The first-order chi connectivity index (χ1) is 64.3. The average molecular weight is 2340 g/mol. The second kappa shape index (κ2) is 68.4. The van der Waals surface area contributed by atoms with Crippen LogP contribution in [-0.4, -0.2) is 114 Å². The zero-order chi connectivity index (χ0) is 104. The molecule has 10 aromatic carbocycles. The summed E-state index contributed by atoms with van der Waals surface area (Å²) < 4.78 is 7.72. The normalized spacial score (nSPS) is 13.9. The van der Waals surface area contributed by atoms with Gasteiger partial charge >= 0.3 is 41.5 Å². The number of carboxylic acids is 2. The number of allylic oxidation sites excluding steroid dienone is 1. The fourth-order valence-electron chi connectivity index (χ4n) is 14.7. The third-order valence-electron chi connectivity index (χ3n) is 22.8. The van der Waals surface area contributed by atoms with Crippen molar-refractivity contribution in [1.82, 2.24) is 0 Å². The van der Waals surface area contributed by atoms with E-state index in [0.29, 0.717) is 90.9 Å². The van der Waals surface area contributed by atoms with Crippen LogP contribution in [0.3, 0.4) is 0 Å². The maximum Gasteiger partial charge on any atom is 1.00 e. The smallest absolute Gasteiger partial charge is 0.769 e. The number of carboxylic acid groups (broad SMARTS) is 2. The zero-order valence-corrected chi connectivity index (χ0v) is 99.7. The second-order valence-electron chi connectivity index (χ2n) is 32.8. The molecular formula is C104H122Cl13NaO18S4Zn. The van der Waals surface area contributed by atoms with Crippen molar-refractivity contribution in [2.24, 2.45) is 0 Å². The molecule has 2 aliphatic heterocycles. The number of thioether (sulfide) groups is 3. The van der Waals surface area contributed by atoms with Gasteiger partial charge in [0.1, 0.15) is 0 Å². The fourth-order valence-corrected chi connectivity index (χ4v) is 21.3. The number of aliphatic hydroxyl groups excluding tert-OH is 6. The Morgan fingerprint density at radius 2 is 0.851 bits per heavy atom. The number of ketones is 2. The van der Waals surface area contributed by atoms with E-state index < -0.39 is 36.9 Å². The number of benzene rings is 10. The molecule has 3 unspecified atom stereocenters. The van der Waals surface area contributed by atoms with E-state index in [-0.39, 0.29) is 96.6 Å². The Balaban J connectivity index is 0.00000153. The number of fused-ring (bicyclic) bond motifs is 5. The summed E-state index contributed by atoms with van der Waals surface area (Å²) in [5.41, 5.74) is 26.8. The summed E-state index contributed by atoms with van der Waals surface area (Å²) in [5, 5.41) is 108. The fraction of sp³-hybridized carbons (Fsp3) is 0.365. The largest absolute Gasteiger partial charge is 1.00 e. The van der Waals surface area contributed by atoms with E-state index in [0.717, 1.165) is 182 Å². The number of aliphatic hydroxyl groups is 9. The Kier molecular flexibility index (Phi) is 66.7. The van der Waals surface area contributed by atoms with Crippen molar-refractivity contribution in [3.8, 4) is 0 Å². The number of hydrogen-bond donors (Lipinski definition) is 12. The van der Waals surface area contributed by atoms with E-state index in [2.05, 4.69) is 50.5 Å². The third kappa shape index (κ3) is 43.1. The minimum absolute atomic E-state index is 0. The molecule has 2 heterocycles. The van der Waals surface area contributed by atoms with E-state index in [1.807, 2.05) is 150 Å². The standard InChI is InChI=1S/C12H15ClO.C12H16O3.C12H14O2.C11H13ClO2S.C11H13ClOS.C11H11ClOS.C9H8Cl2O.C8H8Cl2O2.C8H8Cl2.C7H6Cl2.C3H6O2S.ClO.Na.2H2O.Zn/c1-7-6-10(13)9-4-3-5-11(14)12(9)8(7)2;1-7-9(12(14)15)6-5-8-3-2-4-10(13)11(7)8;1-8-10-5-3-2-4-9(10)6-7-11(8)12(13)14;1-7-5-9(12)10(6-8(7)2)15-4-3-11(13)14;2*1-6-5-8(12)11-10(7(6)2)9(13)3-4-14-11;1-5-3-8(10)9(11)4-7(5)6(2)12;1-4-2-6(9)7(10)3-5(4)8(11)12;1-5-3-7(9)8(10)4-6(5)2;1-5-2-3-6(8)7(9)4-5;4-3(5)1-2-6;1-2;;;;/h6,11,14H,3-5H2,1-2H3;5-6,10,12-15H,2-4H2,1H3;3,5-7,12-14H,2,4H2,1H3;5-6H,3-4H2,1-2H3,(H,13,14);5,9,13H,3-4H2,1-2H3;5H,3-4H2,1-2H3;3-4H,1-2H3;2-3,8,11-12H,1H3;3-4H,1-2H3;2-4H,1H3;6H,1-2H2,(H,4,5);;;2*1H2;/q;;;;;;;;;;;-1;+1;;;. The van der Waals surface area contributed by atoms with Gasteiger partial charge in [-0.05, 0) is 370 Å². The molecule has 0 spiro atoms. The molecule has 15 rings (SSSR count). The van der Waals surface area contributed by atoms with Crippen LogP contribution in [0.25, 0.3) is 6.08 Å². The van der Waals surface area contributed by atoms with E-state index in [1.54, 1.807) is 66.8 Å². The van der Waals surface area contributed by atoms with E-state index in [9.17, 15) is 34.5 Å². The molecule has 764 valence electrons. The van der Waals surface area contributed by atoms with Crippen molar-refractivity contribution < 1.29 is 140 Å². The summed E-state index contributed by atoms with van der Waals surface area (Å²) in [6.07, 6.45) is 8.34. The number of aryl methyl sites for hydroxylation is 12. The topological polar surface area (TPSA) is 377 Å². The second-order valence-corrected chi connectivity index (χ2v) is 41.4. The summed E-state index contributed by atoms with van der Waals surface area (Å²) in [4.78, 5) is 45.7. The number of aliphatic carboxylic acids is 2. The predicted octanol–water partition coefficient (Wildman–Crippen LogP) is 25.2. The molecule has 0 fully saturated rings. The van der Waals surface area contributed by atoms with Crippen LogP contribution < -0.4 is 34.2 Å². The number of thiol groups is 1. The molecule has 0 saturated heterocycles. The van der Waals surface area contributed by atoms with E-state index >= 15 is 0 Å². The van der Waals surface area contributed by atoms with Crippen LogP contribution in [0.5, 0.6) is 0 Å². The maximum absolute atomic E-state index is 11.7. The van der Waals surface area contributed by atoms with Crippen molar-refractivity contribution in [1.29, 1.82) is 0 Å². The van der Waals surface area contributed by atoms with Crippen molar-refractivity contribution in [2.45, 2.75) is 240 Å². The Morgan fingerprint density at radius 3 is 1.35 bits per heavy atom. The first kappa shape index (κ1) is 138. The molecule has 10 aromatic rings. The number of rotatable bonds is 10. The van der Waals surface area contributed by atoms with Crippen LogP contribution >= 0.6 is 199 Å². The van der Waals surface area contributed by atoms with Crippen LogP contribution in [0.15, 0.2) is 130 Å². The molecule has 0 bridgehead atoms. The molecule has 18 nitrogen and oxygen atoms in total. The number of halogens is 13. The maximum atomic E-state index is 11.7. The van der Waals surface area contributed by atoms with Gasteiger partial charge in [-0.25, -0.2) is 11.9 Å². The number of Topliss-reactive ketones (excluding diaryl/α,β-unsaturated/α-hetero) is 2. The van der Waals surface area contributed by atoms with Crippen LogP contribution in [0.4, 0.5) is 0 Å². The third-order valence-corrected chi connectivity index (χ3v) is 30.9. The molecule has 0 aromatic heterocycles. The molecule has 37 heteroatoms. The molecule has 3 aliphatic carbocycles. The molecule has 0 radical (unpaired) electrons. The summed E-state index contributed by atoms with van der Waals surface area (Å²) in [5.74, 6) is 1.47. The van der Waals surface area contributed by atoms with Gasteiger partial charge in [0.25, 0.3) is 0 Å². The molecular weight excluding hydrogens is 2210 g/mol. The summed E-state index contributed by atoms with van der Waals surface area (Å²) in [7, 11) is 0. The van der Waals surface area contributed by atoms with Crippen molar-refractivity contribution >= 4 is 229 Å². The van der Waals surface area contributed by atoms with Crippen molar-refractivity contribution in [3.63, 3.8) is 0 Å². The van der Waals surface area contributed by atoms with Gasteiger partial charge in [-0.2, -0.15) is 12.6 Å². The van der Waals surface area contributed by atoms with E-state index in [1.165, 1.54) is 63.7 Å².